The maximum atomic E-state index is 12.3. The van der Waals surface area contributed by atoms with Gasteiger partial charge in [0.25, 0.3) is 5.91 Å². The normalized spacial score (nSPS) is 11.8. The predicted molar refractivity (Wildman–Crippen MR) is 131 cm³/mol. The molecule has 7 nitrogen and oxygen atoms in total. The minimum Gasteiger partial charge on any atom is -0.465 e. The molecule has 0 aliphatic carbocycles. The first-order chi connectivity index (χ1) is 16.1. The largest absolute Gasteiger partial charge is 0.465 e. The van der Waals surface area contributed by atoms with Crippen molar-refractivity contribution in [3.8, 4) is 17.1 Å². The number of benzene rings is 2. The van der Waals surface area contributed by atoms with E-state index in [1.165, 1.54) is 11.8 Å². The minimum absolute atomic E-state index is 0.150. The van der Waals surface area contributed by atoms with Crippen LogP contribution >= 0.6 is 11.8 Å². The Morgan fingerprint density at radius 3 is 2.61 bits per heavy atom. The van der Waals surface area contributed by atoms with Crippen LogP contribution in [0.1, 0.15) is 18.2 Å². The predicted octanol–water partition coefficient (Wildman–Crippen LogP) is 5.13. The highest BCUT2D eigenvalue weighted by Gasteiger charge is 2.17. The molecule has 2 aromatic heterocycles. The number of nitrogens with one attached hydrogen (secondary N) is 1. The van der Waals surface area contributed by atoms with E-state index < -0.39 is 0 Å². The number of carbonyl (C=O) groups is 1. The van der Waals surface area contributed by atoms with Crippen molar-refractivity contribution in [1.29, 1.82) is 0 Å². The Hall–Kier alpha value is -3.91. The van der Waals surface area contributed by atoms with Crippen molar-refractivity contribution in [3.05, 3.63) is 89.9 Å². The lowest BCUT2D eigenvalue weighted by Gasteiger charge is -2.10. The molecule has 8 heteroatoms. The highest BCUT2D eigenvalue weighted by atomic mass is 32.2. The van der Waals surface area contributed by atoms with Crippen molar-refractivity contribution in [1.82, 2.24) is 20.2 Å². The molecule has 0 atom stereocenters. The lowest BCUT2D eigenvalue weighted by Crippen LogP contribution is -2.20. The van der Waals surface area contributed by atoms with Gasteiger partial charge in [-0.1, -0.05) is 59.8 Å². The summed E-state index contributed by atoms with van der Waals surface area (Å²) < 4.78 is 7.23. The zero-order valence-electron chi connectivity index (χ0n) is 18.3. The van der Waals surface area contributed by atoms with E-state index in [9.17, 15) is 4.79 Å². The van der Waals surface area contributed by atoms with E-state index in [1.54, 1.807) is 12.5 Å². The van der Waals surface area contributed by atoms with E-state index in [-0.39, 0.29) is 11.7 Å². The third-order valence-corrected chi connectivity index (χ3v) is 5.59. The number of hydrogen-bond acceptors (Lipinski definition) is 6. The van der Waals surface area contributed by atoms with E-state index in [0.29, 0.717) is 5.16 Å². The molecule has 1 N–H and O–H groups in total. The Morgan fingerprint density at radius 1 is 1.09 bits per heavy atom. The fraction of sp³-hybridized carbons (Fsp3) is 0.120. The second kappa shape index (κ2) is 10.6. The Morgan fingerprint density at radius 2 is 1.88 bits per heavy atom. The lowest BCUT2D eigenvalue weighted by molar-refractivity contribution is -0.118. The zero-order chi connectivity index (χ0) is 23.0. The number of hydrogen-bond donors (Lipinski definition) is 1. The average molecular weight is 458 g/mol. The van der Waals surface area contributed by atoms with Crippen molar-refractivity contribution in [2.24, 2.45) is 5.10 Å². The first-order valence-electron chi connectivity index (χ1n) is 10.3. The average Bonchev–Trinajstić information content (AvgIpc) is 3.49. The van der Waals surface area contributed by atoms with Crippen LogP contribution in [-0.4, -0.2) is 32.6 Å². The van der Waals surface area contributed by atoms with Crippen LogP contribution in [-0.2, 0) is 4.79 Å². The third kappa shape index (κ3) is 5.87. The molecule has 0 radical (unpaired) electrons. The molecule has 0 aliphatic rings. The second-order valence-electron chi connectivity index (χ2n) is 7.33. The van der Waals surface area contributed by atoms with Gasteiger partial charge in [-0.3, -0.25) is 9.36 Å². The van der Waals surface area contributed by atoms with Gasteiger partial charge >= 0.3 is 0 Å². The molecule has 0 aliphatic heterocycles. The number of nitrogens with zero attached hydrogens (tertiary/aromatic N) is 4. The highest BCUT2D eigenvalue weighted by Crippen LogP contribution is 2.28. The lowest BCUT2D eigenvalue weighted by atomic mass is 10.2. The van der Waals surface area contributed by atoms with Gasteiger partial charge in [0.1, 0.15) is 5.76 Å². The molecule has 4 aromatic rings. The van der Waals surface area contributed by atoms with E-state index in [1.807, 2.05) is 91.2 Å². The number of thioether (sulfide) groups is 1. The third-order valence-electron chi connectivity index (χ3n) is 4.66. The van der Waals surface area contributed by atoms with Gasteiger partial charge in [0.2, 0.25) is 0 Å². The first-order valence-corrected chi connectivity index (χ1v) is 11.3. The summed E-state index contributed by atoms with van der Waals surface area (Å²) in [5.74, 6) is 1.36. The van der Waals surface area contributed by atoms with E-state index >= 15 is 0 Å². The van der Waals surface area contributed by atoms with E-state index in [2.05, 4.69) is 20.7 Å². The van der Waals surface area contributed by atoms with Gasteiger partial charge in [0, 0.05) is 11.3 Å². The Balaban J connectivity index is 1.46. The van der Waals surface area contributed by atoms with Gasteiger partial charge in [-0.25, -0.2) is 5.43 Å². The molecule has 1 amide bonds. The maximum absolute atomic E-state index is 12.3. The SMILES string of the molecule is C/C(C=NNC(=O)CSc1nnc(-c2ccccc2)n1-c1ccc(C)cc1)=C\c1ccco1. The quantitative estimate of drug-likeness (QED) is 0.225. The Kier molecular flexibility index (Phi) is 7.16. The first kappa shape index (κ1) is 22.3. The summed E-state index contributed by atoms with van der Waals surface area (Å²) in [4.78, 5) is 12.3. The topological polar surface area (TPSA) is 85.3 Å². The van der Waals surface area contributed by atoms with Gasteiger partial charge in [-0.05, 0) is 49.8 Å². The van der Waals surface area contributed by atoms with Crippen molar-refractivity contribution in [2.45, 2.75) is 19.0 Å². The number of hydrazone groups is 1. The van der Waals surface area contributed by atoms with Gasteiger partial charge in [-0.15, -0.1) is 10.2 Å². The molecule has 0 bridgehead atoms. The number of aromatic nitrogens is 3. The monoisotopic (exact) mass is 457 g/mol. The fourth-order valence-corrected chi connectivity index (χ4v) is 3.81. The van der Waals surface area contributed by atoms with Crippen LogP contribution in [0.3, 0.4) is 0 Å². The Labute approximate surface area is 196 Å². The summed E-state index contributed by atoms with van der Waals surface area (Å²) in [5.41, 5.74) is 6.45. The van der Waals surface area contributed by atoms with E-state index in [4.69, 9.17) is 4.42 Å². The minimum atomic E-state index is -0.234. The summed E-state index contributed by atoms with van der Waals surface area (Å²) in [5, 5.41) is 13.4. The van der Waals surface area contributed by atoms with Crippen LogP contribution in [0, 0.1) is 6.92 Å². The van der Waals surface area contributed by atoms with Crippen LogP contribution in [0.4, 0.5) is 0 Å². The van der Waals surface area contributed by atoms with Gasteiger partial charge in [0.15, 0.2) is 11.0 Å². The number of carbonyl (C=O) groups excluding carboxylic acids is 1. The van der Waals surface area contributed by atoms with E-state index in [0.717, 1.165) is 34.0 Å². The van der Waals surface area contributed by atoms with Gasteiger partial charge in [-0.2, -0.15) is 5.10 Å². The van der Waals surface area contributed by atoms with Crippen LogP contribution in [0.2, 0.25) is 0 Å². The van der Waals surface area contributed by atoms with Crippen LogP contribution in [0.15, 0.2) is 93.2 Å². The van der Waals surface area contributed by atoms with Crippen LogP contribution < -0.4 is 5.43 Å². The summed E-state index contributed by atoms with van der Waals surface area (Å²) in [6, 6.07) is 21.6. The number of furan rings is 1. The van der Waals surface area contributed by atoms with Crippen molar-refractivity contribution in [3.63, 3.8) is 0 Å². The highest BCUT2D eigenvalue weighted by molar-refractivity contribution is 7.99. The standard InChI is InChI=1S/C25H23N5O2S/c1-18-10-12-21(13-11-18)30-24(20-7-4-3-5-8-20)28-29-25(30)33-17-23(31)27-26-16-19(2)15-22-9-6-14-32-22/h3-16H,17H2,1-2H3,(H,27,31)/b19-15+,26-16?. The second-order valence-corrected chi connectivity index (χ2v) is 8.27. The molecule has 0 unspecified atom stereocenters. The number of aryl methyl sites for hydroxylation is 1. The molecule has 0 saturated heterocycles. The number of allylic oxidation sites excluding steroid dienone is 1. The van der Waals surface area contributed by atoms with Gasteiger partial charge < -0.3 is 4.42 Å². The van der Waals surface area contributed by atoms with Gasteiger partial charge in [0.05, 0.1) is 18.2 Å². The maximum Gasteiger partial charge on any atom is 0.250 e. The molecule has 4 rings (SSSR count). The summed E-state index contributed by atoms with van der Waals surface area (Å²) in [7, 11) is 0. The van der Waals surface area contributed by atoms with Crippen molar-refractivity contribution < 1.29 is 9.21 Å². The molecule has 166 valence electrons. The molecule has 2 heterocycles. The van der Waals surface area contributed by atoms with Crippen molar-refractivity contribution >= 4 is 30.0 Å². The molecular weight excluding hydrogens is 434 g/mol. The van der Waals surface area contributed by atoms with Crippen molar-refractivity contribution in [2.75, 3.05) is 5.75 Å². The molecule has 0 fully saturated rings. The molecular formula is C25H23N5O2S. The summed E-state index contributed by atoms with van der Waals surface area (Å²) in [6.45, 7) is 3.92. The fourth-order valence-electron chi connectivity index (χ4n) is 3.07. The molecule has 0 saturated carbocycles. The molecule has 0 spiro atoms. The number of amides is 1. The summed E-state index contributed by atoms with van der Waals surface area (Å²) >= 11 is 1.31. The molecule has 33 heavy (non-hydrogen) atoms. The molecule has 2 aromatic carbocycles. The van der Waals surface area contributed by atoms with Crippen LogP contribution in [0.5, 0.6) is 0 Å². The summed E-state index contributed by atoms with van der Waals surface area (Å²) in [6.07, 6.45) is 5.01. The zero-order valence-corrected chi connectivity index (χ0v) is 19.1. The van der Waals surface area contributed by atoms with Crippen LogP contribution in [0.25, 0.3) is 23.2 Å². The Bertz CT molecular complexity index is 1260. The smallest absolute Gasteiger partial charge is 0.250 e. The number of rotatable bonds is 8.